The molecule has 0 fully saturated rings. The van der Waals surface area contributed by atoms with Crippen LogP contribution in [0, 0.1) is 0 Å². The van der Waals surface area contributed by atoms with E-state index in [4.69, 9.17) is 10.5 Å². The topological polar surface area (TPSA) is 40.2 Å². The van der Waals surface area contributed by atoms with Crippen molar-refractivity contribution in [1.82, 2.24) is 4.57 Å². The summed E-state index contributed by atoms with van der Waals surface area (Å²) in [4.78, 5) is 0. The van der Waals surface area contributed by atoms with Gasteiger partial charge in [0, 0.05) is 25.0 Å². The molecule has 0 saturated carbocycles. The Bertz CT molecular complexity index is 297. The van der Waals surface area contributed by atoms with Gasteiger partial charge in [-0.05, 0) is 39.3 Å². The zero-order valence-corrected chi connectivity index (χ0v) is 10.2. The van der Waals surface area contributed by atoms with Crippen LogP contribution in [0.4, 0.5) is 0 Å². The molecule has 3 heteroatoms. The summed E-state index contributed by atoms with van der Waals surface area (Å²) in [5.74, 6) is 0. The van der Waals surface area contributed by atoms with Crippen LogP contribution in [0.2, 0.25) is 0 Å². The molecule has 1 aromatic heterocycles. The molecule has 0 amide bonds. The van der Waals surface area contributed by atoms with Crippen molar-refractivity contribution in [3.8, 4) is 0 Å². The summed E-state index contributed by atoms with van der Waals surface area (Å²) in [6, 6.07) is 2.16. The molecule has 86 valence electrons. The monoisotopic (exact) mass is 210 g/mol. The van der Waals surface area contributed by atoms with Crippen molar-refractivity contribution in [2.75, 3.05) is 6.61 Å². The highest BCUT2D eigenvalue weighted by molar-refractivity contribution is 5.13. The maximum absolute atomic E-state index is 5.78. The first-order chi connectivity index (χ1) is 6.88. The van der Waals surface area contributed by atoms with Gasteiger partial charge in [-0.25, -0.2) is 0 Å². The minimum absolute atomic E-state index is 0.0584. The first-order valence-corrected chi connectivity index (χ1v) is 5.44. The molecule has 0 aromatic carbocycles. The van der Waals surface area contributed by atoms with Gasteiger partial charge in [-0.1, -0.05) is 0 Å². The molecule has 0 spiro atoms. The molecule has 1 heterocycles. The lowest BCUT2D eigenvalue weighted by Gasteiger charge is -2.19. The highest BCUT2D eigenvalue weighted by Crippen LogP contribution is 2.10. The summed E-state index contributed by atoms with van der Waals surface area (Å²) in [5.41, 5.74) is 6.89. The molecule has 1 atom stereocenters. The average Bonchev–Trinajstić information content (AvgIpc) is 2.50. The van der Waals surface area contributed by atoms with Gasteiger partial charge in [0.2, 0.25) is 0 Å². The molecule has 1 aromatic rings. The number of rotatable bonds is 4. The van der Waals surface area contributed by atoms with Crippen molar-refractivity contribution >= 4 is 0 Å². The second-order valence-corrected chi connectivity index (χ2v) is 4.93. The van der Waals surface area contributed by atoms with Crippen molar-refractivity contribution in [3.05, 3.63) is 24.0 Å². The van der Waals surface area contributed by atoms with E-state index in [-0.39, 0.29) is 11.6 Å². The average molecular weight is 210 g/mol. The fourth-order valence-electron chi connectivity index (χ4n) is 1.33. The zero-order valence-electron chi connectivity index (χ0n) is 10.2. The Hall–Kier alpha value is -0.800. The van der Waals surface area contributed by atoms with Gasteiger partial charge in [-0.15, -0.1) is 0 Å². The predicted molar refractivity (Wildman–Crippen MR) is 62.7 cm³/mol. The van der Waals surface area contributed by atoms with Crippen molar-refractivity contribution in [2.45, 2.75) is 45.9 Å². The summed E-state index contributed by atoms with van der Waals surface area (Å²) < 4.78 is 7.77. The van der Waals surface area contributed by atoms with E-state index < -0.39 is 0 Å². The molecule has 0 radical (unpaired) electrons. The second-order valence-electron chi connectivity index (χ2n) is 4.93. The number of hydrogen-bond acceptors (Lipinski definition) is 2. The van der Waals surface area contributed by atoms with Gasteiger partial charge >= 0.3 is 0 Å². The Morgan fingerprint density at radius 2 is 2.13 bits per heavy atom. The van der Waals surface area contributed by atoms with E-state index in [9.17, 15) is 0 Å². The Morgan fingerprint density at radius 3 is 2.60 bits per heavy atom. The number of ether oxygens (including phenoxy) is 1. The Morgan fingerprint density at radius 1 is 1.47 bits per heavy atom. The predicted octanol–water partition coefficient (Wildman–Crippen LogP) is 2.32. The van der Waals surface area contributed by atoms with E-state index in [0.717, 1.165) is 13.2 Å². The summed E-state index contributed by atoms with van der Waals surface area (Å²) in [6.07, 6.45) is 4.13. The minimum Gasteiger partial charge on any atom is -0.374 e. The van der Waals surface area contributed by atoms with Gasteiger partial charge < -0.3 is 15.0 Å². The highest BCUT2D eigenvalue weighted by atomic mass is 16.5. The van der Waals surface area contributed by atoms with Crippen molar-refractivity contribution < 1.29 is 4.74 Å². The van der Waals surface area contributed by atoms with E-state index in [1.54, 1.807) is 0 Å². The van der Waals surface area contributed by atoms with E-state index in [0.29, 0.717) is 0 Å². The summed E-state index contributed by atoms with van der Waals surface area (Å²) in [6.45, 7) is 9.80. The zero-order chi connectivity index (χ0) is 11.5. The van der Waals surface area contributed by atoms with Crippen LogP contribution in [0.3, 0.4) is 0 Å². The molecule has 0 saturated heterocycles. The summed E-state index contributed by atoms with van der Waals surface area (Å²) in [5, 5.41) is 0. The molecule has 1 rings (SSSR count). The molecule has 0 aliphatic heterocycles. The van der Waals surface area contributed by atoms with Crippen molar-refractivity contribution in [1.29, 1.82) is 0 Å². The van der Waals surface area contributed by atoms with Gasteiger partial charge in [0.15, 0.2) is 0 Å². The molecule has 0 aliphatic carbocycles. The summed E-state index contributed by atoms with van der Waals surface area (Å²) >= 11 is 0. The molecular formula is C12H22N2O. The molecule has 2 N–H and O–H groups in total. The Balaban J connectivity index is 2.38. The number of aromatic nitrogens is 1. The fraction of sp³-hybridized carbons (Fsp3) is 0.667. The van der Waals surface area contributed by atoms with E-state index in [1.165, 1.54) is 5.56 Å². The van der Waals surface area contributed by atoms with Gasteiger partial charge in [-0.2, -0.15) is 0 Å². The fourth-order valence-corrected chi connectivity index (χ4v) is 1.33. The Labute approximate surface area is 92.2 Å². The van der Waals surface area contributed by atoms with Crippen LogP contribution >= 0.6 is 0 Å². The molecule has 15 heavy (non-hydrogen) atoms. The second kappa shape index (κ2) is 4.81. The third kappa shape index (κ3) is 4.49. The van der Waals surface area contributed by atoms with Crippen LogP contribution in [-0.2, 0) is 11.3 Å². The number of nitrogens with two attached hydrogens (primary N) is 1. The van der Waals surface area contributed by atoms with Gasteiger partial charge in [0.1, 0.15) is 0 Å². The quantitative estimate of drug-likeness (QED) is 0.828. The lowest BCUT2D eigenvalue weighted by atomic mass is 10.2. The van der Waals surface area contributed by atoms with Crippen LogP contribution in [0.15, 0.2) is 18.5 Å². The SMILES string of the molecule is CC(N)c1ccn(CCOC(C)(C)C)c1. The van der Waals surface area contributed by atoms with Gasteiger partial charge in [-0.3, -0.25) is 0 Å². The van der Waals surface area contributed by atoms with Crippen LogP contribution in [0.1, 0.15) is 39.3 Å². The smallest absolute Gasteiger partial charge is 0.0652 e. The maximum atomic E-state index is 5.78. The molecule has 1 unspecified atom stereocenters. The lowest BCUT2D eigenvalue weighted by molar-refractivity contribution is -0.00679. The summed E-state index contributed by atoms with van der Waals surface area (Å²) in [7, 11) is 0. The number of hydrogen-bond donors (Lipinski definition) is 1. The molecule has 0 aliphatic rings. The van der Waals surface area contributed by atoms with Gasteiger partial charge in [0.05, 0.1) is 12.2 Å². The van der Waals surface area contributed by atoms with Crippen LogP contribution in [0.25, 0.3) is 0 Å². The van der Waals surface area contributed by atoms with Crippen LogP contribution in [0.5, 0.6) is 0 Å². The first kappa shape index (κ1) is 12.3. The van der Waals surface area contributed by atoms with Crippen LogP contribution in [-0.4, -0.2) is 16.8 Å². The van der Waals surface area contributed by atoms with Gasteiger partial charge in [0.25, 0.3) is 0 Å². The minimum atomic E-state index is -0.0584. The molecule has 3 nitrogen and oxygen atoms in total. The Kier molecular flexibility index (Phi) is 3.94. The van der Waals surface area contributed by atoms with Crippen LogP contribution < -0.4 is 5.73 Å². The third-order valence-corrected chi connectivity index (χ3v) is 2.18. The maximum Gasteiger partial charge on any atom is 0.0652 e. The highest BCUT2D eigenvalue weighted by Gasteiger charge is 2.09. The van der Waals surface area contributed by atoms with Crippen molar-refractivity contribution in [2.24, 2.45) is 5.73 Å². The van der Waals surface area contributed by atoms with E-state index in [1.807, 2.05) is 13.1 Å². The molecule has 0 bridgehead atoms. The lowest BCUT2D eigenvalue weighted by Crippen LogP contribution is -2.21. The van der Waals surface area contributed by atoms with Crippen molar-refractivity contribution in [3.63, 3.8) is 0 Å². The number of nitrogens with zero attached hydrogens (tertiary/aromatic N) is 1. The normalized spacial score (nSPS) is 14.2. The third-order valence-electron chi connectivity index (χ3n) is 2.18. The van der Waals surface area contributed by atoms with E-state index in [2.05, 4.69) is 37.6 Å². The van der Waals surface area contributed by atoms with E-state index >= 15 is 0 Å². The molecular weight excluding hydrogens is 188 g/mol. The first-order valence-electron chi connectivity index (χ1n) is 5.44. The standard InChI is InChI=1S/C12H22N2O/c1-10(13)11-5-6-14(9-11)7-8-15-12(2,3)4/h5-6,9-10H,7-8,13H2,1-4H3. The largest absolute Gasteiger partial charge is 0.374 e.